The van der Waals surface area contributed by atoms with Crippen LogP contribution in [0.4, 0.5) is 20.4 Å². The second-order valence-corrected chi connectivity index (χ2v) is 14.6. The maximum Gasteiger partial charge on any atom is 0.256 e. The minimum absolute atomic E-state index is 0.252. The fourth-order valence-electron chi connectivity index (χ4n) is 7.92. The first-order valence-corrected chi connectivity index (χ1v) is 19.3. The highest BCUT2D eigenvalue weighted by Crippen LogP contribution is 2.49. The number of alkyl halides is 2. The molecule has 0 saturated carbocycles. The summed E-state index contributed by atoms with van der Waals surface area (Å²) in [4.78, 5) is 33.3. The van der Waals surface area contributed by atoms with E-state index < -0.39 is 41.7 Å². The van der Waals surface area contributed by atoms with Crippen molar-refractivity contribution < 1.29 is 33.0 Å². The van der Waals surface area contributed by atoms with E-state index in [-0.39, 0.29) is 24.3 Å². The van der Waals surface area contributed by atoms with E-state index in [1.165, 1.54) is 17.2 Å². The number of hydrogen-bond acceptors (Lipinski definition) is 9. The molecule has 2 fully saturated rings. The third-order valence-corrected chi connectivity index (χ3v) is 11.7. The Balaban J connectivity index is 0.000000177. The molecule has 3 N–H and O–H groups in total. The molecule has 8 atom stereocenters. The summed E-state index contributed by atoms with van der Waals surface area (Å²) in [6.07, 6.45) is 1.32. The third-order valence-electron chi connectivity index (χ3n) is 11.7. The van der Waals surface area contributed by atoms with Gasteiger partial charge in [-0.2, -0.15) is 10.2 Å². The van der Waals surface area contributed by atoms with Crippen molar-refractivity contribution in [2.24, 2.45) is 11.8 Å². The van der Waals surface area contributed by atoms with Crippen LogP contribution in [-0.2, 0) is 9.47 Å². The fraction of sp³-hybridized carbons (Fsp3) is 0.349. The van der Waals surface area contributed by atoms with Gasteiger partial charge in [0.2, 0.25) is 0 Å². The molecule has 15 heteroatoms. The summed E-state index contributed by atoms with van der Waals surface area (Å²) in [5.74, 6) is -0.697. The predicted molar refractivity (Wildman–Crippen MR) is 214 cm³/mol. The molecule has 2 aromatic carbocycles. The molecule has 2 aliphatic rings. The highest BCUT2D eigenvalue weighted by Gasteiger charge is 2.54. The number of ether oxygens (including phenoxy) is 2. The van der Waals surface area contributed by atoms with Gasteiger partial charge < -0.3 is 25.2 Å². The van der Waals surface area contributed by atoms with Crippen LogP contribution >= 0.6 is 0 Å². The summed E-state index contributed by atoms with van der Waals surface area (Å²) in [5, 5.41) is 23.9. The van der Waals surface area contributed by atoms with Crippen LogP contribution in [0.2, 0.25) is 0 Å². The van der Waals surface area contributed by atoms with Crippen molar-refractivity contribution in [2.75, 3.05) is 17.2 Å². The molecule has 2 aliphatic heterocycles. The number of amides is 2. The number of aliphatic hydroxyl groups is 1. The maximum absolute atomic E-state index is 15.2. The fourth-order valence-corrected chi connectivity index (χ4v) is 7.92. The third kappa shape index (κ3) is 7.14. The molecule has 6 heterocycles. The van der Waals surface area contributed by atoms with E-state index in [9.17, 15) is 14.7 Å². The highest BCUT2D eigenvalue weighted by molar-refractivity contribution is 6.06. The molecule has 302 valence electrons. The first-order chi connectivity index (χ1) is 28.0. The van der Waals surface area contributed by atoms with Crippen LogP contribution in [0.3, 0.4) is 0 Å². The normalized spacial score (nSPS) is 26.6. The van der Waals surface area contributed by atoms with Crippen LogP contribution in [0.5, 0.6) is 0 Å². The van der Waals surface area contributed by atoms with Crippen LogP contribution in [0.15, 0.2) is 110 Å². The number of halogens is 2. The average Bonchev–Trinajstić information content (AvgIpc) is 4.02. The van der Waals surface area contributed by atoms with Crippen molar-refractivity contribution in [1.82, 2.24) is 29.2 Å². The van der Waals surface area contributed by atoms with Gasteiger partial charge in [0.1, 0.15) is 48.2 Å². The SMILES string of the molecule is C=C[C@]1(CC)O[C@@H](c2ccc3c(NC(=O)c4ccccc4)ncnn23)[C@H](F)[C@@H]1C.CC[C@@]1(CO)O[C@@H](c2ccc3c(NC(=O)c4ccccc4)ncnn23)[C@H](F)[C@@H]1C. The standard InChI is InChI=1S/C22H23FN4O2.C21H23FN4O3/c1-4-22(5-2)14(3)18(23)19(29-22)16-11-12-17-20(24-13-25-27(16)17)26-21(28)15-9-7-6-8-10-15;1-3-21(11-27)13(2)17(22)18(29-21)15-9-10-16-19(23-12-24-26(15)16)25-20(28)14-7-5-4-6-8-14/h4,6-14,18-19H,1,5H2,2-3H3,(H,24,25,26,28);4-10,12-13,17-18,27H,3,11H2,1-2H3,(H,23,24,25,28)/t14-,18+,19-,22+;13-,17+,18-,21-/m00/s1. The van der Waals surface area contributed by atoms with Crippen LogP contribution in [0.1, 0.15) is 84.8 Å². The van der Waals surface area contributed by atoms with E-state index in [1.54, 1.807) is 90.3 Å². The molecule has 0 bridgehead atoms. The molecule has 58 heavy (non-hydrogen) atoms. The molecule has 8 rings (SSSR count). The van der Waals surface area contributed by atoms with Gasteiger partial charge in [0.25, 0.3) is 11.8 Å². The molecule has 13 nitrogen and oxygen atoms in total. The summed E-state index contributed by atoms with van der Waals surface area (Å²) < 4.78 is 45.6. The topological polar surface area (TPSA) is 157 Å². The van der Waals surface area contributed by atoms with Crippen molar-refractivity contribution in [2.45, 2.75) is 76.3 Å². The Bertz CT molecular complexity index is 2410. The van der Waals surface area contributed by atoms with Gasteiger partial charge in [0, 0.05) is 23.0 Å². The van der Waals surface area contributed by atoms with Gasteiger partial charge in [-0.25, -0.2) is 27.8 Å². The Labute approximate surface area is 334 Å². The second-order valence-electron chi connectivity index (χ2n) is 14.6. The zero-order chi connectivity index (χ0) is 41.2. The number of aliphatic hydroxyl groups excluding tert-OH is 1. The number of carbonyl (C=O) groups excluding carboxylic acids is 2. The smallest absolute Gasteiger partial charge is 0.256 e. The summed E-state index contributed by atoms with van der Waals surface area (Å²) in [6, 6.07) is 24.6. The number of hydrogen-bond donors (Lipinski definition) is 3. The molecule has 0 aliphatic carbocycles. The number of rotatable bonds is 10. The Morgan fingerprint density at radius 1 is 0.741 bits per heavy atom. The molecular weight excluding hydrogens is 747 g/mol. The zero-order valence-corrected chi connectivity index (χ0v) is 32.6. The van der Waals surface area contributed by atoms with Crippen molar-refractivity contribution >= 4 is 34.5 Å². The monoisotopic (exact) mass is 792 g/mol. The Morgan fingerprint density at radius 3 is 1.60 bits per heavy atom. The lowest BCUT2D eigenvalue weighted by atomic mass is 9.85. The number of nitrogens with one attached hydrogen (secondary N) is 2. The van der Waals surface area contributed by atoms with Crippen LogP contribution in [-0.4, -0.2) is 76.3 Å². The quantitative estimate of drug-likeness (QED) is 0.119. The van der Waals surface area contributed by atoms with Crippen LogP contribution in [0.25, 0.3) is 11.0 Å². The highest BCUT2D eigenvalue weighted by atomic mass is 19.1. The molecule has 0 spiro atoms. The van der Waals surface area contributed by atoms with Gasteiger partial charge in [-0.3, -0.25) is 9.59 Å². The largest absolute Gasteiger partial charge is 0.393 e. The van der Waals surface area contributed by atoms with Crippen molar-refractivity contribution in [3.05, 3.63) is 133 Å². The predicted octanol–water partition coefficient (Wildman–Crippen LogP) is 7.53. The van der Waals surface area contributed by atoms with E-state index in [4.69, 9.17) is 9.47 Å². The molecule has 4 aromatic heterocycles. The van der Waals surface area contributed by atoms with E-state index >= 15 is 8.78 Å². The Hall–Kier alpha value is -5.90. The zero-order valence-electron chi connectivity index (χ0n) is 32.6. The minimum Gasteiger partial charge on any atom is -0.393 e. The first-order valence-electron chi connectivity index (χ1n) is 19.3. The van der Waals surface area contributed by atoms with Gasteiger partial charge >= 0.3 is 0 Å². The molecular formula is C43H46F2N8O5. The van der Waals surface area contributed by atoms with E-state index in [0.29, 0.717) is 58.0 Å². The number of benzene rings is 2. The van der Waals surface area contributed by atoms with Crippen LogP contribution in [0, 0.1) is 11.8 Å². The maximum atomic E-state index is 15.2. The summed E-state index contributed by atoms with van der Waals surface area (Å²) in [5.41, 5.74) is 1.58. The van der Waals surface area contributed by atoms with Crippen LogP contribution < -0.4 is 10.6 Å². The lowest BCUT2D eigenvalue weighted by Crippen LogP contribution is -2.39. The number of carbonyl (C=O) groups is 2. The lowest BCUT2D eigenvalue weighted by molar-refractivity contribution is -0.0936. The number of nitrogens with zero attached hydrogens (tertiary/aromatic N) is 6. The number of fused-ring (bicyclic) bond motifs is 2. The van der Waals surface area contributed by atoms with E-state index in [1.807, 2.05) is 32.9 Å². The molecule has 6 aromatic rings. The van der Waals surface area contributed by atoms with Gasteiger partial charge in [0.05, 0.1) is 29.2 Å². The molecule has 0 radical (unpaired) electrons. The second kappa shape index (κ2) is 16.5. The van der Waals surface area contributed by atoms with Crippen molar-refractivity contribution in [1.29, 1.82) is 0 Å². The number of aromatic nitrogens is 6. The van der Waals surface area contributed by atoms with Gasteiger partial charge in [-0.05, 0) is 61.4 Å². The van der Waals surface area contributed by atoms with E-state index in [2.05, 4.69) is 37.4 Å². The summed E-state index contributed by atoms with van der Waals surface area (Å²) in [7, 11) is 0. The summed E-state index contributed by atoms with van der Waals surface area (Å²) in [6.45, 7) is 11.0. The van der Waals surface area contributed by atoms with Crippen molar-refractivity contribution in [3.63, 3.8) is 0 Å². The average molecular weight is 793 g/mol. The Morgan fingerprint density at radius 2 is 1.21 bits per heavy atom. The molecule has 2 amide bonds. The first kappa shape index (κ1) is 40.3. The van der Waals surface area contributed by atoms with E-state index in [0.717, 1.165) is 0 Å². The van der Waals surface area contributed by atoms with Crippen molar-refractivity contribution in [3.8, 4) is 0 Å². The molecule has 2 saturated heterocycles. The minimum atomic E-state index is -1.29. The summed E-state index contributed by atoms with van der Waals surface area (Å²) >= 11 is 0. The Kier molecular flexibility index (Phi) is 11.5. The van der Waals surface area contributed by atoms with Gasteiger partial charge in [-0.1, -0.05) is 70.2 Å². The lowest BCUT2D eigenvalue weighted by Gasteiger charge is -2.29. The van der Waals surface area contributed by atoms with Gasteiger partial charge in [0.15, 0.2) is 11.6 Å². The molecule has 0 unspecified atom stereocenters. The van der Waals surface area contributed by atoms with Gasteiger partial charge in [-0.15, -0.1) is 6.58 Å². The number of anilines is 2.